The molecule has 3 atom stereocenters. The summed E-state index contributed by atoms with van der Waals surface area (Å²) >= 11 is 0. The molecule has 0 radical (unpaired) electrons. The second-order valence-electron chi connectivity index (χ2n) is 12.7. The van der Waals surface area contributed by atoms with Crippen molar-refractivity contribution >= 4 is 11.7 Å². The minimum atomic E-state index is -0.388. The Hall–Kier alpha value is -1.97. The van der Waals surface area contributed by atoms with E-state index in [1.165, 1.54) is 41.7 Å². The Bertz CT molecular complexity index is 901. The van der Waals surface area contributed by atoms with Crippen molar-refractivity contribution in [3.63, 3.8) is 0 Å². The van der Waals surface area contributed by atoms with Gasteiger partial charge in [-0.15, -0.1) is 0 Å². The van der Waals surface area contributed by atoms with Gasteiger partial charge in [-0.05, 0) is 100 Å². The van der Waals surface area contributed by atoms with Crippen molar-refractivity contribution in [2.75, 3.05) is 40.5 Å². The summed E-state index contributed by atoms with van der Waals surface area (Å²) in [7, 11) is 2.95. The van der Waals surface area contributed by atoms with Crippen LogP contribution in [0.4, 0.5) is 4.79 Å². The quantitative estimate of drug-likeness (QED) is 0.212. The number of fused-ring (bicyclic) bond motifs is 1. The molecule has 0 bridgehead atoms. The highest BCUT2D eigenvalue weighted by molar-refractivity contribution is 5.70. The molecule has 8 heteroatoms. The topological polar surface area (TPSA) is 91.7 Å². The normalized spacial score (nSPS) is 22.6. The summed E-state index contributed by atoms with van der Waals surface area (Å²) < 4.78 is 10.5. The first-order chi connectivity index (χ1) is 19.0. The lowest BCUT2D eigenvalue weighted by Gasteiger charge is -2.35. The van der Waals surface area contributed by atoms with Gasteiger partial charge in [0.25, 0.3) is 0 Å². The molecule has 40 heavy (non-hydrogen) atoms. The van der Waals surface area contributed by atoms with Crippen LogP contribution in [0.5, 0.6) is 0 Å². The van der Waals surface area contributed by atoms with Crippen molar-refractivity contribution in [3.05, 3.63) is 41.5 Å². The zero-order valence-corrected chi connectivity index (χ0v) is 25.9. The van der Waals surface area contributed by atoms with Gasteiger partial charge < -0.3 is 19.6 Å². The maximum Gasteiger partial charge on any atom is 0.410 e. The van der Waals surface area contributed by atoms with Gasteiger partial charge in [0.15, 0.2) is 0 Å². The average Bonchev–Trinajstić information content (AvgIpc) is 3.72. The Morgan fingerprint density at radius 3 is 2.30 bits per heavy atom. The van der Waals surface area contributed by atoms with Crippen molar-refractivity contribution < 1.29 is 29.6 Å². The van der Waals surface area contributed by atoms with Crippen LogP contribution in [0.1, 0.15) is 84.3 Å². The number of rotatable bonds is 7. The van der Waals surface area contributed by atoms with Gasteiger partial charge in [-0.25, -0.2) is 9.68 Å². The monoisotopic (exact) mass is 562 g/mol. The number of carbonyl (C=O) groups is 1. The molecule has 1 aliphatic heterocycles. The summed E-state index contributed by atoms with van der Waals surface area (Å²) in [5.74, 6) is 1.85. The molecule has 1 amide bonds. The molecule has 8 nitrogen and oxygen atoms in total. The maximum absolute atomic E-state index is 11.8. The van der Waals surface area contributed by atoms with E-state index in [1.54, 1.807) is 7.11 Å². The first-order valence-electron chi connectivity index (χ1n) is 14.8. The molecule has 2 fully saturated rings. The fourth-order valence-corrected chi connectivity index (χ4v) is 5.53. The second kappa shape index (κ2) is 17.1. The van der Waals surface area contributed by atoms with Gasteiger partial charge in [0, 0.05) is 39.4 Å². The van der Waals surface area contributed by atoms with Crippen LogP contribution in [0.3, 0.4) is 0 Å². The number of amides is 1. The van der Waals surface area contributed by atoms with E-state index in [9.17, 15) is 10.0 Å². The minimum absolute atomic E-state index is 0.166. The lowest BCUT2D eigenvalue weighted by atomic mass is 9.92. The number of likely N-dealkylation sites (tertiary alicyclic amines) is 1. The maximum atomic E-state index is 11.8. The molecule has 1 heterocycles. The number of benzene rings is 1. The summed E-state index contributed by atoms with van der Waals surface area (Å²) in [6.07, 6.45) is 10.2. The van der Waals surface area contributed by atoms with Gasteiger partial charge in [-0.3, -0.25) is 5.26 Å². The highest BCUT2D eigenvalue weighted by Gasteiger charge is 2.30. The van der Waals surface area contributed by atoms with Crippen LogP contribution in [0.15, 0.2) is 30.3 Å². The zero-order valence-electron chi connectivity index (χ0n) is 25.9. The van der Waals surface area contributed by atoms with Crippen LogP contribution in [-0.4, -0.2) is 78.6 Å². The molecular weight excluding hydrogens is 508 g/mol. The number of methoxy groups -OCH3 is 1. The fraction of sp³-hybridized carbons (Fsp3) is 0.719. The summed E-state index contributed by atoms with van der Waals surface area (Å²) in [6, 6.07) is 9.08. The molecule has 1 aromatic rings. The summed E-state index contributed by atoms with van der Waals surface area (Å²) in [6.45, 7) is 13.3. The smallest absolute Gasteiger partial charge is 0.410 e. The molecule has 2 aliphatic carbocycles. The van der Waals surface area contributed by atoms with Crippen LogP contribution in [0.2, 0.25) is 0 Å². The Morgan fingerprint density at radius 1 is 1.10 bits per heavy atom. The molecule has 2 N–H and O–H groups in total. The van der Waals surface area contributed by atoms with Gasteiger partial charge in [-0.1, -0.05) is 44.2 Å². The Kier molecular flexibility index (Phi) is 14.6. The van der Waals surface area contributed by atoms with E-state index in [1.807, 2.05) is 25.7 Å². The second-order valence-corrected chi connectivity index (χ2v) is 12.7. The number of hydrogen-bond donors (Lipinski definition) is 2. The molecule has 3 aliphatic rings. The lowest BCUT2D eigenvalue weighted by Crippen LogP contribution is -2.44. The minimum Gasteiger partial charge on any atom is -0.444 e. The predicted molar refractivity (Wildman–Crippen MR) is 159 cm³/mol. The number of allylic oxidation sites excluding steroid dienone is 1. The molecule has 1 aromatic carbocycles. The third-order valence-corrected chi connectivity index (χ3v) is 7.35. The van der Waals surface area contributed by atoms with E-state index in [2.05, 4.69) is 49.1 Å². The molecule has 4 rings (SSSR count). The highest BCUT2D eigenvalue weighted by atomic mass is 17.1. The first kappa shape index (κ1) is 34.2. The Balaban J connectivity index is 0.000000272. The van der Waals surface area contributed by atoms with E-state index >= 15 is 0 Å². The fourth-order valence-electron chi connectivity index (χ4n) is 5.53. The van der Waals surface area contributed by atoms with Crippen LogP contribution in [0, 0.1) is 17.8 Å². The van der Waals surface area contributed by atoms with Crippen molar-refractivity contribution in [2.45, 2.75) is 91.2 Å². The van der Waals surface area contributed by atoms with Gasteiger partial charge in [0.1, 0.15) is 5.60 Å². The van der Waals surface area contributed by atoms with Gasteiger partial charge in [0.05, 0.1) is 7.11 Å². The van der Waals surface area contributed by atoms with Gasteiger partial charge in [0.2, 0.25) is 0 Å². The summed E-state index contributed by atoms with van der Waals surface area (Å²) in [5.41, 5.74) is 3.66. The molecule has 1 saturated carbocycles. The molecule has 0 aromatic heterocycles. The SMILES string of the molecule is COCCCC1CC=C(CN(O)C2CC2)c2ccccc2C1.COO.C[C@@H]1C[C@H](C)CN(C(=O)OC(C)(C)C)C1. The predicted octanol–water partition coefficient (Wildman–Crippen LogP) is 6.92. The van der Waals surface area contributed by atoms with Crippen molar-refractivity contribution in [1.82, 2.24) is 9.96 Å². The van der Waals surface area contributed by atoms with E-state index in [0.29, 0.717) is 30.3 Å². The van der Waals surface area contributed by atoms with Crippen LogP contribution < -0.4 is 0 Å². The molecule has 1 unspecified atom stereocenters. The third-order valence-electron chi connectivity index (χ3n) is 7.35. The number of ether oxygens (including phenoxy) is 2. The zero-order chi connectivity index (χ0) is 29.7. The molecular formula is C32H54N2O6. The number of piperidine rings is 1. The largest absolute Gasteiger partial charge is 0.444 e. The van der Waals surface area contributed by atoms with E-state index in [0.717, 1.165) is 51.8 Å². The molecule has 0 spiro atoms. The summed E-state index contributed by atoms with van der Waals surface area (Å²) in [4.78, 5) is 16.9. The number of carbonyl (C=O) groups excluding carboxylic acids is 1. The van der Waals surface area contributed by atoms with E-state index in [4.69, 9.17) is 14.7 Å². The molecule has 228 valence electrons. The standard InChI is InChI=1S/C19H27NO2.C12H23NO2.CH4O2/c1-22-12-4-5-15-8-9-17(14-20(21)18-10-11-18)19-7-3-2-6-16(19)13-15;1-9-6-10(2)8-13(7-9)11(14)15-12(3,4)5;1-3-2/h2-3,6-7,9,15,18,21H,4-5,8,10-14H2,1H3;9-10H,6-8H2,1-5H3;2H,1H3/t;9-,10+;. The average molecular weight is 563 g/mol. The first-order valence-corrected chi connectivity index (χ1v) is 14.8. The van der Waals surface area contributed by atoms with Crippen molar-refractivity contribution in [3.8, 4) is 0 Å². The third kappa shape index (κ3) is 12.7. The highest BCUT2D eigenvalue weighted by Crippen LogP contribution is 2.33. The Labute approximate surface area is 242 Å². The van der Waals surface area contributed by atoms with E-state index < -0.39 is 0 Å². The lowest BCUT2D eigenvalue weighted by molar-refractivity contribution is -0.214. The van der Waals surface area contributed by atoms with Crippen molar-refractivity contribution in [2.24, 2.45) is 17.8 Å². The van der Waals surface area contributed by atoms with Gasteiger partial charge in [-0.2, -0.15) is 5.06 Å². The summed E-state index contributed by atoms with van der Waals surface area (Å²) in [5, 5.41) is 18.8. The number of hydroxylamine groups is 2. The number of hydrogen-bond acceptors (Lipinski definition) is 7. The van der Waals surface area contributed by atoms with E-state index in [-0.39, 0.29) is 11.7 Å². The van der Waals surface area contributed by atoms with Crippen LogP contribution >= 0.6 is 0 Å². The van der Waals surface area contributed by atoms with Gasteiger partial charge >= 0.3 is 6.09 Å². The molecule has 1 saturated heterocycles. The number of nitrogens with zero attached hydrogens (tertiary/aromatic N) is 2. The Morgan fingerprint density at radius 2 is 1.73 bits per heavy atom. The van der Waals surface area contributed by atoms with Crippen LogP contribution in [-0.2, 0) is 20.8 Å². The van der Waals surface area contributed by atoms with Crippen molar-refractivity contribution in [1.29, 1.82) is 0 Å². The van der Waals surface area contributed by atoms with Crippen LogP contribution in [0.25, 0.3) is 5.57 Å².